The molecule has 1 atom stereocenters. The van der Waals surface area contributed by atoms with Crippen LogP contribution in [0.15, 0.2) is 72.3 Å². The Bertz CT molecular complexity index is 1620. The summed E-state index contributed by atoms with van der Waals surface area (Å²) in [5, 5.41) is 20.7. The minimum absolute atomic E-state index is 0.0310. The summed E-state index contributed by atoms with van der Waals surface area (Å²) >= 11 is 0. The Kier molecular flexibility index (Phi) is 6.20. The standard InChI is InChI=1S/C29H25N3O6/c1-15(2)38-20-10-7-17(8-11-20)25(33)23-24(18-6-4-5-16(3)13-18)32(27(35)26(23)34)29-30-21-12-9-19(28(36)37)14-22(21)31-29/h4-15,24,33H,1-3H3,(H,30,31)(H,36,37)/b25-23+. The minimum Gasteiger partial charge on any atom is -0.507 e. The number of aliphatic hydroxyl groups is 1. The zero-order chi connectivity index (χ0) is 27.1. The van der Waals surface area contributed by atoms with Crippen molar-refractivity contribution in [1.29, 1.82) is 0 Å². The molecule has 0 spiro atoms. The predicted octanol–water partition coefficient (Wildman–Crippen LogP) is 4.98. The number of amides is 1. The number of hydrogen-bond donors (Lipinski definition) is 3. The number of nitrogens with zero attached hydrogens (tertiary/aromatic N) is 2. The van der Waals surface area contributed by atoms with Crippen LogP contribution < -0.4 is 9.64 Å². The van der Waals surface area contributed by atoms with E-state index >= 15 is 0 Å². The van der Waals surface area contributed by atoms with Gasteiger partial charge in [0.15, 0.2) is 0 Å². The van der Waals surface area contributed by atoms with Crippen molar-refractivity contribution in [3.8, 4) is 5.75 Å². The molecular formula is C29H25N3O6. The number of carboxylic acids is 1. The second kappa shape index (κ2) is 9.51. The van der Waals surface area contributed by atoms with Crippen LogP contribution in [-0.2, 0) is 9.59 Å². The minimum atomic E-state index is -1.10. The lowest BCUT2D eigenvalue weighted by atomic mass is 9.94. The summed E-state index contributed by atoms with van der Waals surface area (Å²) in [7, 11) is 0. The highest BCUT2D eigenvalue weighted by atomic mass is 16.5. The molecule has 0 aliphatic carbocycles. The average Bonchev–Trinajstić information content (AvgIpc) is 3.41. The van der Waals surface area contributed by atoms with Crippen molar-refractivity contribution < 1.29 is 29.3 Å². The summed E-state index contributed by atoms with van der Waals surface area (Å²) in [6.45, 7) is 5.69. The number of fused-ring (bicyclic) bond motifs is 1. The summed E-state index contributed by atoms with van der Waals surface area (Å²) in [5.41, 5.74) is 2.66. The molecule has 1 aliphatic heterocycles. The number of imidazole rings is 1. The smallest absolute Gasteiger partial charge is 0.335 e. The SMILES string of the molecule is Cc1cccc(C2/C(=C(\O)c3ccc(OC(C)C)cc3)C(=O)C(=O)N2c2nc3ccc(C(=O)O)cc3[nH]2)c1. The molecule has 1 aromatic heterocycles. The molecule has 192 valence electrons. The maximum atomic E-state index is 13.4. The molecule has 1 unspecified atom stereocenters. The fourth-order valence-electron chi connectivity index (χ4n) is 4.57. The molecule has 9 nitrogen and oxygen atoms in total. The lowest BCUT2D eigenvalue weighted by molar-refractivity contribution is -0.132. The zero-order valence-corrected chi connectivity index (χ0v) is 20.9. The van der Waals surface area contributed by atoms with Gasteiger partial charge in [0, 0.05) is 5.56 Å². The Morgan fingerprint density at radius 2 is 1.71 bits per heavy atom. The number of benzene rings is 3. The number of rotatable bonds is 6. The molecule has 0 saturated carbocycles. The molecule has 4 aromatic rings. The molecular weight excluding hydrogens is 486 g/mol. The summed E-state index contributed by atoms with van der Waals surface area (Å²) in [6, 6.07) is 17.3. The number of hydrogen-bond acceptors (Lipinski definition) is 6. The molecule has 1 fully saturated rings. The number of aromatic carboxylic acids is 1. The molecule has 9 heteroatoms. The van der Waals surface area contributed by atoms with Gasteiger partial charge in [-0.1, -0.05) is 29.8 Å². The lowest BCUT2D eigenvalue weighted by Crippen LogP contribution is -2.30. The Labute approximate surface area is 218 Å². The lowest BCUT2D eigenvalue weighted by Gasteiger charge is -2.23. The Balaban J connectivity index is 1.66. The number of ketones is 1. The second-order valence-corrected chi connectivity index (χ2v) is 9.37. The highest BCUT2D eigenvalue weighted by Crippen LogP contribution is 2.42. The fraction of sp³-hybridized carbons (Fsp3) is 0.172. The van der Waals surface area contributed by atoms with E-state index in [4.69, 9.17) is 4.74 Å². The molecule has 38 heavy (non-hydrogen) atoms. The monoisotopic (exact) mass is 511 g/mol. The van der Waals surface area contributed by atoms with Gasteiger partial charge in [0.1, 0.15) is 11.5 Å². The van der Waals surface area contributed by atoms with Gasteiger partial charge in [0.05, 0.1) is 34.3 Å². The molecule has 1 saturated heterocycles. The van der Waals surface area contributed by atoms with Crippen molar-refractivity contribution in [2.75, 3.05) is 4.90 Å². The molecule has 2 heterocycles. The van der Waals surface area contributed by atoms with Crippen LogP contribution in [-0.4, -0.2) is 43.9 Å². The van der Waals surface area contributed by atoms with Gasteiger partial charge in [-0.05, 0) is 68.8 Å². The van der Waals surface area contributed by atoms with Gasteiger partial charge in [-0.25, -0.2) is 9.78 Å². The van der Waals surface area contributed by atoms with Gasteiger partial charge in [-0.3, -0.25) is 14.5 Å². The summed E-state index contributed by atoms with van der Waals surface area (Å²) < 4.78 is 5.67. The topological polar surface area (TPSA) is 133 Å². The first-order valence-electron chi connectivity index (χ1n) is 12.0. The van der Waals surface area contributed by atoms with E-state index in [-0.39, 0.29) is 28.9 Å². The van der Waals surface area contributed by atoms with Crippen LogP contribution in [0.25, 0.3) is 16.8 Å². The van der Waals surface area contributed by atoms with Crippen LogP contribution in [0.2, 0.25) is 0 Å². The number of carboxylic acid groups (broad SMARTS) is 1. The van der Waals surface area contributed by atoms with Crippen LogP contribution in [0, 0.1) is 6.92 Å². The highest BCUT2D eigenvalue weighted by molar-refractivity contribution is 6.51. The van der Waals surface area contributed by atoms with Gasteiger partial charge in [0.2, 0.25) is 5.95 Å². The number of aromatic amines is 1. The van der Waals surface area contributed by atoms with Crippen molar-refractivity contribution in [2.45, 2.75) is 32.9 Å². The largest absolute Gasteiger partial charge is 0.507 e. The van der Waals surface area contributed by atoms with Gasteiger partial charge in [-0.2, -0.15) is 0 Å². The number of Topliss-reactive ketones (excluding diaryl/α,β-unsaturated/α-hetero) is 1. The van der Waals surface area contributed by atoms with Gasteiger partial charge >= 0.3 is 11.9 Å². The van der Waals surface area contributed by atoms with E-state index in [9.17, 15) is 24.6 Å². The van der Waals surface area contributed by atoms with Crippen LogP contribution in [0.3, 0.4) is 0 Å². The van der Waals surface area contributed by atoms with Crippen LogP contribution in [0.5, 0.6) is 5.75 Å². The van der Waals surface area contributed by atoms with Gasteiger partial charge in [0.25, 0.3) is 5.78 Å². The number of carbonyl (C=O) groups excluding carboxylic acids is 2. The number of aliphatic hydroxyl groups excluding tert-OH is 1. The number of carbonyl (C=O) groups is 3. The third-order valence-corrected chi connectivity index (χ3v) is 6.25. The van der Waals surface area contributed by atoms with Crippen molar-refractivity contribution in [3.63, 3.8) is 0 Å². The van der Waals surface area contributed by atoms with Gasteiger partial charge < -0.3 is 19.9 Å². The average molecular weight is 512 g/mol. The Hall–Kier alpha value is -4.92. The molecule has 3 N–H and O–H groups in total. The van der Waals surface area contributed by atoms with E-state index in [1.807, 2.05) is 32.9 Å². The first-order chi connectivity index (χ1) is 18.1. The molecule has 0 bridgehead atoms. The molecule has 1 amide bonds. The van der Waals surface area contributed by atoms with Crippen molar-refractivity contribution >= 4 is 40.4 Å². The normalized spacial score (nSPS) is 16.9. The molecule has 3 aromatic carbocycles. The van der Waals surface area contributed by atoms with Crippen LogP contribution in [0.1, 0.15) is 46.9 Å². The van der Waals surface area contributed by atoms with Gasteiger partial charge in [-0.15, -0.1) is 0 Å². The third kappa shape index (κ3) is 4.39. The number of nitrogens with one attached hydrogen (secondary N) is 1. The maximum absolute atomic E-state index is 13.4. The van der Waals surface area contributed by atoms with Crippen LogP contribution in [0.4, 0.5) is 5.95 Å². The molecule has 5 rings (SSSR count). The quantitative estimate of drug-likeness (QED) is 0.189. The Morgan fingerprint density at radius 3 is 2.37 bits per heavy atom. The highest BCUT2D eigenvalue weighted by Gasteiger charge is 2.48. The second-order valence-electron chi connectivity index (χ2n) is 9.37. The zero-order valence-electron chi connectivity index (χ0n) is 20.9. The number of aromatic nitrogens is 2. The van der Waals surface area contributed by atoms with Crippen molar-refractivity contribution in [2.24, 2.45) is 0 Å². The summed E-state index contributed by atoms with van der Waals surface area (Å²) in [5.74, 6) is -2.48. The molecule has 1 aliphatic rings. The van der Waals surface area contributed by atoms with Crippen molar-refractivity contribution in [1.82, 2.24) is 9.97 Å². The Morgan fingerprint density at radius 1 is 1.00 bits per heavy atom. The van der Waals surface area contributed by atoms with E-state index in [1.165, 1.54) is 23.1 Å². The fourth-order valence-corrected chi connectivity index (χ4v) is 4.57. The van der Waals surface area contributed by atoms with E-state index in [0.29, 0.717) is 27.9 Å². The molecule has 0 radical (unpaired) electrons. The van der Waals surface area contributed by atoms with Crippen LogP contribution >= 0.6 is 0 Å². The number of ether oxygens (including phenoxy) is 1. The number of H-pyrrole nitrogens is 1. The number of anilines is 1. The van der Waals surface area contributed by atoms with E-state index in [1.54, 1.807) is 36.4 Å². The first kappa shape index (κ1) is 24.8. The van der Waals surface area contributed by atoms with Crippen molar-refractivity contribution in [3.05, 3.63) is 94.6 Å². The summed E-state index contributed by atoms with van der Waals surface area (Å²) in [4.78, 5) is 46.9. The van der Waals surface area contributed by atoms with E-state index < -0.39 is 23.7 Å². The van der Waals surface area contributed by atoms with E-state index in [0.717, 1.165) is 5.56 Å². The number of aryl methyl sites for hydroxylation is 1. The van der Waals surface area contributed by atoms with E-state index in [2.05, 4.69) is 9.97 Å². The predicted molar refractivity (Wildman–Crippen MR) is 141 cm³/mol. The third-order valence-electron chi connectivity index (χ3n) is 6.25. The maximum Gasteiger partial charge on any atom is 0.335 e. The summed E-state index contributed by atoms with van der Waals surface area (Å²) in [6.07, 6.45) is -0.0310. The first-order valence-corrected chi connectivity index (χ1v) is 12.0.